The molecule has 100 valence electrons. The summed E-state index contributed by atoms with van der Waals surface area (Å²) in [6, 6.07) is 22.9. The predicted octanol–water partition coefficient (Wildman–Crippen LogP) is 4.95. The predicted molar refractivity (Wildman–Crippen MR) is 88.3 cm³/mol. The van der Waals surface area contributed by atoms with Crippen molar-refractivity contribution in [1.82, 2.24) is 0 Å². The molecule has 0 saturated carbocycles. The highest BCUT2D eigenvalue weighted by Crippen LogP contribution is 2.32. The minimum Gasteiger partial charge on any atom is -0.411 e. The molecule has 0 heterocycles. The average molecular weight is 271 g/mol. The van der Waals surface area contributed by atoms with Crippen LogP contribution >= 0.6 is 0 Å². The van der Waals surface area contributed by atoms with Gasteiger partial charge in [0, 0.05) is 5.56 Å². The first-order valence-corrected chi connectivity index (χ1v) is 6.89. The van der Waals surface area contributed by atoms with Crippen LogP contribution in [0.3, 0.4) is 0 Å². The summed E-state index contributed by atoms with van der Waals surface area (Å²) in [5, 5.41) is 19.2. The Morgan fingerprint density at radius 2 is 1.38 bits per heavy atom. The second-order valence-corrected chi connectivity index (χ2v) is 5.14. The molecule has 0 unspecified atom stereocenters. The molecule has 4 aromatic carbocycles. The monoisotopic (exact) mass is 271 g/mol. The van der Waals surface area contributed by atoms with Gasteiger partial charge < -0.3 is 5.21 Å². The van der Waals surface area contributed by atoms with Gasteiger partial charge in [0.25, 0.3) is 0 Å². The number of nitrogens with zero attached hydrogens (tertiary/aromatic N) is 1. The maximum Gasteiger partial charge on any atom is 0.0746 e. The molecule has 0 radical (unpaired) electrons. The fourth-order valence-electron chi connectivity index (χ4n) is 3.05. The lowest BCUT2D eigenvalue weighted by atomic mass is 9.94. The lowest BCUT2D eigenvalue weighted by molar-refractivity contribution is 0.322. The van der Waals surface area contributed by atoms with Crippen LogP contribution in [0.15, 0.2) is 71.9 Å². The van der Waals surface area contributed by atoms with Crippen LogP contribution in [0.5, 0.6) is 0 Å². The Bertz CT molecular complexity index is 1000. The van der Waals surface area contributed by atoms with Gasteiger partial charge in [-0.15, -0.1) is 0 Å². The number of benzene rings is 4. The lowest BCUT2D eigenvalue weighted by Crippen LogP contribution is -1.89. The van der Waals surface area contributed by atoms with Gasteiger partial charge in [0.05, 0.1) is 6.21 Å². The number of hydrogen-bond acceptors (Lipinski definition) is 2. The quantitative estimate of drug-likeness (QED) is 0.171. The zero-order valence-electron chi connectivity index (χ0n) is 11.3. The first kappa shape index (κ1) is 11.9. The Labute approximate surface area is 121 Å². The number of oxime groups is 1. The zero-order chi connectivity index (χ0) is 14.2. The first-order valence-electron chi connectivity index (χ1n) is 6.89. The summed E-state index contributed by atoms with van der Waals surface area (Å²) < 4.78 is 0. The molecule has 2 nitrogen and oxygen atoms in total. The highest BCUT2D eigenvalue weighted by Gasteiger charge is 2.08. The van der Waals surface area contributed by atoms with Crippen LogP contribution in [0.1, 0.15) is 5.56 Å². The Hall–Kier alpha value is -2.87. The molecule has 0 aliphatic rings. The fraction of sp³-hybridized carbons (Fsp3) is 0. The van der Waals surface area contributed by atoms with Gasteiger partial charge in [-0.05, 0) is 38.4 Å². The van der Waals surface area contributed by atoms with Gasteiger partial charge >= 0.3 is 0 Å². The van der Waals surface area contributed by atoms with Crippen molar-refractivity contribution in [1.29, 1.82) is 0 Å². The number of fused-ring (bicyclic) bond motifs is 4. The largest absolute Gasteiger partial charge is 0.411 e. The van der Waals surface area contributed by atoms with Crippen molar-refractivity contribution in [3.05, 3.63) is 72.3 Å². The van der Waals surface area contributed by atoms with Crippen LogP contribution < -0.4 is 0 Å². The molecule has 1 N–H and O–H groups in total. The fourth-order valence-corrected chi connectivity index (χ4v) is 3.05. The summed E-state index contributed by atoms with van der Waals surface area (Å²) in [5.41, 5.74) is 0.955. The Balaban J connectivity index is 2.30. The van der Waals surface area contributed by atoms with Gasteiger partial charge in [-0.1, -0.05) is 65.8 Å². The molecule has 0 fully saturated rings. The van der Waals surface area contributed by atoms with Gasteiger partial charge in [0.15, 0.2) is 0 Å². The van der Waals surface area contributed by atoms with Gasteiger partial charge in [0.2, 0.25) is 0 Å². The van der Waals surface area contributed by atoms with Crippen molar-refractivity contribution in [2.24, 2.45) is 5.16 Å². The first-order chi connectivity index (χ1) is 10.4. The van der Waals surface area contributed by atoms with E-state index in [2.05, 4.69) is 53.7 Å². The molecule has 0 bridgehead atoms. The Morgan fingerprint density at radius 1 is 0.667 bits per heavy atom. The highest BCUT2D eigenvalue weighted by molar-refractivity contribution is 6.19. The smallest absolute Gasteiger partial charge is 0.0746 e. The molecule has 0 spiro atoms. The van der Waals surface area contributed by atoms with Crippen molar-refractivity contribution < 1.29 is 5.21 Å². The lowest BCUT2D eigenvalue weighted by Gasteiger charge is -2.10. The molecule has 0 aromatic heterocycles. The topological polar surface area (TPSA) is 32.6 Å². The standard InChI is InChI=1S/C19H13NO/c21-20-12-19-16-8-4-2-6-14(16)11-18-15-7-3-1-5-13(15)9-10-17(18)19/h1-12,21H/b20-12+. The third kappa shape index (κ3) is 1.77. The summed E-state index contributed by atoms with van der Waals surface area (Å²) in [6.07, 6.45) is 1.53. The van der Waals surface area contributed by atoms with Gasteiger partial charge in [-0.2, -0.15) is 0 Å². The summed E-state index contributed by atoms with van der Waals surface area (Å²) in [5.74, 6) is 0. The molecular formula is C19H13NO. The molecule has 21 heavy (non-hydrogen) atoms. The van der Waals surface area contributed by atoms with Crippen molar-refractivity contribution >= 4 is 38.5 Å². The normalized spacial score (nSPS) is 11.8. The second-order valence-electron chi connectivity index (χ2n) is 5.14. The molecule has 0 aliphatic heterocycles. The van der Waals surface area contributed by atoms with E-state index in [-0.39, 0.29) is 0 Å². The maximum atomic E-state index is 9.02. The molecule has 4 rings (SSSR count). The van der Waals surface area contributed by atoms with Crippen LogP contribution in [-0.2, 0) is 0 Å². The van der Waals surface area contributed by atoms with E-state index in [4.69, 9.17) is 5.21 Å². The van der Waals surface area contributed by atoms with Crippen molar-refractivity contribution in [2.45, 2.75) is 0 Å². The summed E-state index contributed by atoms with van der Waals surface area (Å²) >= 11 is 0. The van der Waals surface area contributed by atoms with Crippen molar-refractivity contribution in [3.63, 3.8) is 0 Å². The minimum absolute atomic E-state index is 0.955. The molecule has 0 aliphatic carbocycles. The van der Waals surface area contributed by atoms with Gasteiger partial charge in [-0.25, -0.2) is 0 Å². The molecule has 0 amide bonds. The SMILES string of the molecule is O/N=C/c1c2ccccc2cc2c1ccc1ccccc12. The summed E-state index contributed by atoms with van der Waals surface area (Å²) in [7, 11) is 0. The van der Waals surface area contributed by atoms with Crippen molar-refractivity contribution in [2.75, 3.05) is 0 Å². The van der Waals surface area contributed by atoms with Crippen LogP contribution in [0.2, 0.25) is 0 Å². The third-order valence-electron chi connectivity index (χ3n) is 4.00. The number of hydrogen-bond donors (Lipinski definition) is 1. The zero-order valence-corrected chi connectivity index (χ0v) is 11.3. The minimum atomic E-state index is 0.955. The molecule has 0 saturated heterocycles. The molecule has 0 atom stereocenters. The van der Waals surface area contributed by atoms with Crippen molar-refractivity contribution in [3.8, 4) is 0 Å². The van der Waals surface area contributed by atoms with E-state index in [0.717, 1.165) is 21.7 Å². The van der Waals surface area contributed by atoms with E-state index in [0.29, 0.717) is 0 Å². The van der Waals surface area contributed by atoms with Gasteiger partial charge in [0.1, 0.15) is 0 Å². The molecule has 2 heteroatoms. The average Bonchev–Trinajstić information content (AvgIpc) is 2.55. The van der Waals surface area contributed by atoms with Crippen LogP contribution in [-0.4, -0.2) is 11.4 Å². The second kappa shape index (κ2) is 4.60. The van der Waals surface area contributed by atoms with E-state index < -0.39 is 0 Å². The molecular weight excluding hydrogens is 258 g/mol. The van der Waals surface area contributed by atoms with Crippen LogP contribution in [0.25, 0.3) is 32.3 Å². The highest BCUT2D eigenvalue weighted by atomic mass is 16.4. The van der Waals surface area contributed by atoms with E-state index in [1.54, 1.807) is 0 Å². The van der Waals surface area contributed by atoms with E-state index >= 15 is 0 Å². The molecule has 4 aromatic rings. The third-order valence-corrected chi connectivity index (χ3v) is 4.00. The van der Waals surface area contributed by atoms with E-state index in [9.17, 15) is 0 Å². The van der Waals surface area contributed by atoms with Crippen LogP contribution in [0.4, 0.5) is 0 Å². The maximum absolute atomic E-state index is 9.02. The van der Waals surface area contributed by atoms with E-state index in [1.165, 1.54) is 22.4 Å². The Morgan fingerprint density at radius 3 is 2.19 bits per heavy atom. The van der Waals surface area contributed by atoms with Gasteiger partial charge in [-0.3, -0.25) is 0 Å². The summed E-state index contributed by atoms with van der Waals surface area (Å²) in [6.45, 7) is 0. The van der Waals surface area contributed by atoms with E-state index in [1.807, 2.05) is 18.2 Å². The number of rotatable bonds is 1. The summed E-state index contributed by atoms with van der Waals surface area (Å²) in [4.78, 5) is 0. The van der Waals surface area contributed by atoms with Crippen LogP contribution in [0, 0.1) is 0 Å². The Kier molecular flexibility index (Phi) is 2.61.